The zero-order valence-corrected chi connectivity index (χ0v) is 17.2. The number of nitrogens with two attached hydrogens (primary N) is 2. The Morgan fingerprint density at radius 1 is 0.833 bits per heavy atom. The molecule has 0 rings (SSSR count). The summed E-state index contributed by atoms with van der Waals surface area (Å²) < 4.78 is 0. The summed E-state index contributed by atoms with van der Waals surface area (Å²) in [5, 5.41) is 24.5. The lowest BCUT2D eigenvalue weighted by Crippen LogP contribution is -2.57. The molecule has 0 bridgehead atoms. The summed E-state index contributed by atoms with van der Waals surface area (Å²) in [6, 6.07) is -4.95. The lowest BCUT2D eigenvalue weighted by Gasteiger charge is -2.23. The van der Waals surface area contributed by atoms with Crippen LogP contribution in [-0.4, -0.2) is 75.7 Å². The van der Waals surface area contributed by atoms with E-state index in [1.165, 1.54) is 6.92 Å². The maximum absolute atomic E-state index is 12.5. The van der Waals surface area contributed by atoms with Crippen LogP contribution in [0, 0.1) is 0 Å². The standard InChI is InChI=1S/C16H27N5O8S/c1-7(17)13(25)19-8(2-4-11(18)22)14(26)21-10(6-30)15(27)20-9(16(28)29)3-5-12(23)24/h7-10,30H,2-6,17H2,1H3,(H2,18,22)(H,19,25)(H,20,27)(H,21,26)(H,23,24)(H,28,29). The van der Waals surface area contributed by atoms with Gasteiger partial charge in [-0.2, -0.15) is 12.6 Å². The topological polar surface area (TPSA) is 231 Å². The summed E-state index contributed by atoms with van der Waals surface area (Å²) in [4.78, 5) is 69.4. The van der Waals surface area contributed by atoms with Gasteiger partial charge in [0.25, 0.3) is 0 Å². The molecule has 0 saturated carbocycles. The highest BCUT2D eigenvalue weighted by Crippen LogP contribution is 2.03. The fraction of sp³-hybridized carbons (Fsp3) is 0.625. The summed E-state index contributed by atoms with van der Waals surface area (Å²) in [5.41, 5.74) is 10.5. The van der Waals surface area contributed by atoms with Gasteiger partial charge >= 0.3 is 11.9 Å². The van der Waals surface area contributed by atoms with Gasteiger partial charge in [-0.05, 0) is 19.8 Å². The van der Waals surface area contributed by atoms with Crippen molar-refractivity contribution in [2.24, 2.45) is 11.5 Å². The number of amides is 4. The molecular formula is C16H27N5O8S. The third-order valence-corrected chi connectivity index (χ3v) is 4.17. The summed E-state index contributed by atoms with van der Waals surface area (Å²) >= 11 is 3.95. The number of carboxylic acids is 2. The molecule has 4 unspecified atom stereocenters. The number of carboxylic acid groups (broad SMARTS) is 2. The first-order valence-corrected chi connectivity index (χ1v) is 9.52. The molecule has 0 fully saturated rings. The average Bonchev–Trinajstić information content (AvgIpc) is 2.64. The van der Waals surface area contributed by atoms with Crippen LogP contribution in [0.4, 0.5) is 0 Å². The highest BCUT2D eigenvalue weighted by molar-refractivity contribution is 7.80. The Labute approximate surface area is 177 Å². The van der Waals surface area contributed by atoms with Gasteiger partial charge in [-0.15, -0.1) is 0 Å². The molecule has 14 heteroatoms. The molecule has 0 heterocycles. The molecule has 4 amide bonds. The number of hydrogen-bond donors (Lipinski definition) is 8. The van der Waals surface area contributed by atoms with E-state index < -0.39 is 66.2 Å². The van der Waals surface area contributed by atoms with Crippen LogP contribution < -0.4 is 27.4 Å². The van der Waals surface area contributed by atoms with E-state index in [9.17, 15) is 28.8 Å². The molecule has 0 aromatic rings. The first-order chi connectivity index (χ1) is 13.9. The molecule has 0 aromatic carbocycles. The van der Waals surface area contributed by atoms with Crippen molar-refractivity contribution in [1.82, 2.24) is 16.0 Å². The Kier molecular flexibility index (Phi) is 12.1. The quantitative estimate of drug-likeness (QED) is 0.126. The second-order valence-corrected chi connectivity index (χ2v) is 6.80. The fourth-order valence-corrected chi connectivity index (χ4v) is 2.38. The Hall–Kier alpha value is -2.87. The molecule has 13 nitrogen and oxygen atoms in total. The van der Waals surface area contributed by atoms with E-state index in [0.717, 1.165) is 0 Å². The Morgan fingerprint density at radius 2 is 1.30 bits per heavy atom. The van der Waals surface area contributed by atoms with Crippen LogP contribution in [0.5, 0.6) is 0 Å². The highest BCUT2D eigenvalue weighted by atomic mass is 32.1. The SMILES string of the molecule is CC(N)C(=O)NC(CCC(N)=O)C(=O)NC(CS)C(=O)NC(CCC(=O)O)C(=O)O. The third kappa shape index (κ3) is 10.6. The van der Waals surface area contributed by atoms with E-state index in [1.807, 2.05) is 0 Å². The van der Waals surface area contributed by atoms with E-state index in [1.54, 1.807) is 0 Å². The number of hydrogen-bond acceptors (Lipinski definition) is 8. The van der Waals surface area contributed by atoms with E-state index in [-0.39, 0.29) is 25.0 Å². The Bertz CT molecular complexity index is 672. The van der Waals surface area contributed by atoms with Crippen molar-refractivity contribution in [1.29, 1.82) is 0 Å². The van der Waals surface area contributed by atoms with Crippen LogP contribution in [0.3, 0.4) is 0 Å². The highest BCUT2D eigenvalue weighted by Gasteiger charge is 2.29. The van der Waals surface area contributed by atoms with Crippen LogP contribution in [0.1, 0.15) is 32.6 Å². The Balaban J connectivity index is 5.18. The van der Waals surface area contributed by atoms with Crippen LogP contribution in [0.2, 0.25) is 0 Å². The lowest BCUT2D eigenvalue weighted by atomic mass is 10.1. The molecule has 30 heavy (non-hydrogen) atoms. The van der Waals surface area contributed by atoms with Gasteiger partial charge in [-0.3, -0.25) is 24.0 Å². The zero-order valence-electron chi connectivity index (χ0n) is 16.3. The van der Waals surface area contributed by atoms with Gasteiger partial charge in [-0.25, -0.2) is 4.79 Å². The van der Waals surface area contributed by atoms with Gasteiger partial charge in [0.05, 0.1) is 6.04 Å². The molecular weight excluding hydrogens is 422 g/mol. The lowest BCUT2D eigenvalue weighted by molar-refractivity contribution is -0.143. The van der Waals surface area contributed by atoms with Crippen LogP contribution in [0.25, 0.3) is 0 Å². The first-order valence-electron chi connectivity index (χ1n) is 8.89. The van der Waals surface area contributed by atoms with Crippen molar-refractivity contribution in [2.45, 2.75) is 56.8 Å². The van der Waals surface area contributed by atoms with Crippen LogP contribution >= 0.6 is 12.6 Å². The van der Waals surface area contributed by atoms with Crippen molar-refractivity contribution in [3.63, 3.8) is 0 Å². The normalized spacial score (nSPS) is 14.5. The van der Waals surface area contributed by atoms with Gasteiger partial charge < -0.3 is 37.6 Å². The van der Waals surface area contributed by atoms with Crippen molar-refractivity contribution in [3.8, 4) is 0 Å². The predicted octanol–water partition coefficient (Wildman–Crippen LogP) is -3.07. The van der Waals surface area contributed by atoms with E-state index in [4.69, 9.17) is 21.7 Å². The number of nitrogens with one attached hydrogen (secondary N) is 3. The van der Waals surface area contributed by atoms with E-state index in [2.05, 4.69) is 28.6 Å². The van der Waals surface area contributed by atoms with Gasteiger partial charge in [-0.1, -0.05) is 0 Å². The maximum atomic E-state index is 12.5. The summed E-state index contributed by atoms with van der Waals surface area (Å²) in [6.07, 6.45) is -1.24. The summed E-state index contributed by atoms with van der Waals surface area (Å²) in [7, 11) is 0. The Morgan fingerprint density at radius 3 is 1.73 bits per heavy atom. The van der Waals surface area contributed by atoms with Crippen molar-refractivity contribution in [3.05, 3.63) is 0 Å². The van der Waals surface area contributed by atoms with Crippen LogP contribution in [0.15, 0.2) is 0 Å². The minimum absolute atomic E-state index is 0.156. The molecule has 170 valence electrons. The monoisotopic (exact) mass is 449 g/mol. The number of carbonyl (C=O) groups excluding carboxylic acids is 4. The van der Waals surface area contributed by atoms with Gasteiger partial charge in [0.15, 0.2) is 0 Å². The molecule has 0 radical (unpaired) electrons. The molecule has 9 N–H and O–H groups in total. The minimum Gasteiger partial charge on any atom is -0.481 e. The number of thiol groups is 1. The minimum atomic E-state index is -1.49. The average molecular weight is 449 g/mol. The predicted molar refractivity (Wildman–Crippen MR) is 106 cm³/mol. The molecule has 4 atom stereocenters. The zero-order chi connectivity index (χ0) is 23.4. The number of aliphatic carboxylic acids is 2. The second-order valence-electron chi connectivity index (χ2n) is 6.43. The van der Waals surface area contributed by atoms with Crippen molar-refractivity contribution in [2.75, 3.05) is 5.75 Å². The summed E-state index contributed by atoms with van der Waals surface area (Å²) in [6.45, 7) is 1.38. The first kappa shape index (κ1) is 27.1. The van der Waals surface area contributed by atoms with Gasteiger partial charge in [0.2, 0.25) is 23.6 Å². The van der Waals surface area contributed by atoms with Crippen LogP contribution in [-0.2, 0) is 28.8 Å². The molecule has 0 aliphatic heterocycles. The fourth-order valence-electron chi connectivity index (χ4n) is 2.12. The smallest absolute Gasteiger partial charge is 0.326 e. The number of carbonyl (C=O) groups is 6. The van der Waals surface area contributed by atoms with Crippen molar-refractivity contribution < 1.29 is 39.0 Å². The molecule has 0 aliphatic carbocycles. The molecule has 0 aliphatic rings. The number of rotatable bonds is 14. The largest absolute Gasteiger partial charge is 0.481 e. The van der Waals surface area contributed by atoms with Gasteiger partial charge in [0, 0.05) is 18.6 Å². The van der Waals surface area contributed by atoms with E-state index >= 15 is 0 Å². The molecule has 0 spiro atoms. The summed E-state index contributed by atoms with van der Waals surface area (Å²) in [5.74, 6) is -6.05. The van der Waals surface area contributed by atoms with Crippen molar-refractivity contribution >= 4 is 48.2 Å². The maximum Gasteiger partial charge on any atom is 0.326 e. The third-order valence-electron chi connectivity index (χ3n) is 3.80. The van der Waals surface area contributed by atoms with E-state index in [0.29, 0.717) is 0 Å². The molecule has 0 aromatic heterocycles. The molecule has 0 saturated heterocycles. The van der Waals surface area contributed by atoms with Gasteiger partial charge in [0.1, 0.15) is 18.1 Å². The number of primary amides is 1. The second kappa shape index (κ2) is 13.4.